The van der Waals surface area contributed by atoms with Crippen LogP contribution in [-0.4, -0.2) is 22.4 Å². The molecule has 1 aromatic carbocycles. The van der Waals surface area contributed by atoms with Gasteiger partial charge in [0.05, 0.1) is 6.54 Å². The second-order valence-corrected chi connectivity index (χ2v) is 4.31. The van der Waals surface area contributed by atoms with E-state index in [0.29, 0.717) is 11.7 Å². The molecule has 0 unspecified atom stereocenters. The summed E-state index contributed by atoms with van der Waals surface area (Å²) in [6.07, 6.45) is 0. The quantitative estimate of drug-likeness (QED) is 0.505. The molecule has 0 saturated carbocycles. The first-order valence-electron chi connectivity index (χ1n) is 5.74. The normalized spacial score (nSPS) is 9.59. The summed E-state index contributed by atoms with van der Waals surface area (Å²) < 4.78 is 0. The van der Waals surface area contributed by atoms with Gasteiger partial charge in [-0.2, -0.15) is 5.10 Å². The third-order valence-corrected chi connectivity index (χ3v) is 2.41. The van der Waals surface area contributed by atoms with Gasteiger partial charge >= 0.3 is 0 Å². The lowest BCUT2D eigenvalue weighted by Crippen LogP contribution is -2.36. The number of rotatable bonds is 4. The summed E-state index contributed by atoms with van der Waals surface area (Å²) in [5.41, 5.74) is 2.18. The number of nitrogens with zero attached hydrogens (tertiary/aromatic N) is 2. The van der Waals surface area contributed by atoms with Crippen molar-refractivity contribution in [2.45, 2.75) is 27.3 Å². The molecule has 0 atom stereocenters. The molecule has 0 radical (unpaired) electrons. The minimum absolute atomic E-state index is 0.664. The number of hydrogen-bond donors (Lipinski definition) is 1. The number of hydrazone groups is 1. The molecule has 0 aromatic heterocycles. The second-order valence-electron chi connectivity index (χ2n) is 3.93. The lowest BCUT2D eigenvalue weighted by molar-refractivity contribution is 0.431. The summed E-state index contributed by atoms with van der Waals surface area (Å²) in [6.45, 7) is 7.45. The molecule has 0 spiro atoms. The fourth-order valence-corrected chi connectivity index (χ4v) is 1.64. The van der Waals surface area contributed by atoms with Crippen LogP contribution in [0, 0.1) is 0 Å². The van der Waals surface area contributed by atoms with E-state index in [2.05, 4.69) is 22.6 Å². The van der Waals surface area contributed by atoms with Crippen molar-refractivity contribution < 1.29 is 0 Å². The first kappa shape index (κ1) is 13.6. The number of nitrogens with one attached hydrogen (secondary N) is 1. The molecular formula is C13H19N3S. The Labute approximate surface area is 109 Å². The van der Waals surface area contributed by atoms with Crippen molar-refractivity contribution in [3.05, 3.63) is 35.9 Å². The summed E-state index contributed by atoms with van der Waals surface area (Å²) in [5.74, 6) is 0. The van der Waals surface area contributed by atoms with Gasteiger partial charge < -0.3 is 5.32 Å². The topological polar surface area (TPSA) is 27.6 Å². The van der Waals surface area contributed by atoms with Crippen LogP contribution >= 0.6 is 12.2 Å². The standard InChI is InChI=1S/C13H19N3S/c1-4-14-13(17)16(15-11(2)3)10-12-8-6-5-7-9-12/h5-9H,4,10H2,1-3H3,(H,14,17). The zero-order valence-corrected chi connectivity index (χ0v) is 11.4. The predicted octanol–water partition coefficient (Wildman–Crippen LogP) is 2.78. The van der Waals surface area contributed by atoms with Crippen LogP contribution in [0.4, 0.5) is 0 Å². The van der Waals surface area contributed by atoms with Crippen LogP contribution in [0.3, 0.4) is 0 Å². The fraction of sp³-hybridized carbons (Fsp3) is 0.385. The summed E-state index contributed by atoms with van der Waals surface area (Å²) >= 11 is 5.30. The van der Waals surface area contributed by atoms with Crippen LogP contribution in [0.5, 0.6) is 0 Å². The Morgan fingerprint density at radius 2 is 1.94 bits per heavy atom. The largest absolute Gasteiger partial charge is 0.361 e. The first-order chi connectivity index (χ1) is 8.13. The Morgan fingerprint density at radius 3 is 2.47 bits per heavy atom. The van der Waals surface area contributed by atoms with Gasteiger partial charge in [-0.25, -0.2) is 5.01 Å². The molecule has 1 aromatic rings. The average Bonchev–Trinajstić information content (AvgIpc) is 2.29. The van der Waals surface area contributed by atoms with E-state index >= 15 is 0 Å². The minimum Gasteiger partial charge on any atom is -0.361 e. The van der Waals surface area contributed by atoms with Gasteiger partial charge in [-0.05, 0) is 38.6 Å². The molecule has 0 saturated heterocycles. The summed E-state index contributed by atoms with van der Waals surface area (Å²) in [7, 11) is 0. The molecule has 0 aliphatic heterocycles. The van der Waals surface area contributed by atoms with E-state index in [-0.39, 0.29) is 0 Å². The Morgan fingerprint density at radius 1 is 1.29 bits per heavy atom. The second kappa shape index (κ2) is 7.01. The molecular weight excluding hydrogens is 230 g/mol. The van der Waals surface area contributed by atoms with E-state index in [1.165, 1.54) is 5.56 Å². The molecule has 4 heteroatoms. The molecule has 3 nitrogen and oxygen atoms in total. The zero-order valence-electron chi connectivity index (χ0n) is 10.6. The van der Waals surface area contributed by atoms with Gasteiger partial charge in [0.2, 0.25) is 0 Å². The van der Waals surface area contributed by atoms with E-state index in [1.54, 1.807) is 0 Å². The van der Waals surface area contributed by atoms with Crippen molar-refractivity contribution in [3.63, 3.8) is 0 Å². The predicted molar refractivity (Wildman–Crippen MR) is 77.0 cm³/mol. The number of benzene rings is 1. The molecule has 0 aliphatic carbocycles. The minimum atomic E-state index is 0.664. The number of thiocarbonyl (C=S) groups is 1. The van der Waals surface area contributed by atoms with Gasteiger partial charge in [0.15, 0.2) is 5.11 Å². The molecule has 0 aliphatic rings. The van der Waals surface area contributed by atoms with E-state index in [1.807, 2.05) is 44.0 Å². The van der Waals surface area contributed by atoms with Crippen LogP contribution in [-0.2, 0) is 6.54 Å². The van der Waals surface area contributed by atoms with Crippen LogP contribution in [0.2, 0.25) is 0 Å². The maximum absolute atomic E-state index is 5.30. The highest BCUT2D eigenvalue weighted by Gasteiger charge is 2.07. The molecule has 1 rings (SSSR count). The Hall–Kier alpha value is -1.42. The SMILES string of the molecule is CCNC(=S)N(Cc1ccccc1)N=C(C)C. The Kier molecular flexibility index (Phi) is 5.63. The van der Waals surface area contributed by atoms with Crippen LogP contribution in [0.15, 0.2) is 35.4 Å². The lowest BCUT2D eigenvalue weighted by atomic mass is 10.2. The van der Waals surface area contributed by atoms with Crippen molar-refractivity contribution in [2.75, 3.05) is 6.54 Å². The first-order valence-corrected chi connectivity index (χ1v) is 6.15. The van der Waals surface area contributed by atoms with E-state index in [0.717, 1.165) is 12.3 Å². The highest BCUT2D eigenvalue weighted by Crippen LogP contribution is 2.05. The van der Waals surface area contributed by atoms with Crippen LogP contribution in [0.25, 0.3) is 0 Å². The smallest absolute Gasteiger partial charge is 0.189 e. The van der Waals surface area contributed by atoms with Gasteiger partial charge in [0.25, 0.3) is 0 Å². The van der Waals surface area contributed by atoms with Crippen molar-refractivity contribution in [1.82, 2.24) is 10.3 Å². The molecule has 0 fully saturated rings. The summed E-state index contributed by atoms with van der Waals surface area (Å²) in [6, 6.07) is 10.2. The Balaban J connectivity index is 2.77. The van der Waals surface area contributed by atoms with E-state index in [4.69, 9.17) is 12.2 Å². The third-order valence-electron chi connectivity index (χ3n) is 2.06. The highest BCUT2D eigenvalue weighted by molar-refractivity contribution is 7.80. The lowest BCUT2D eigenvalue weighted by Gasteiger charge is -2.21. The summed E-state index contributed by atoms with van der Waals surface area (Å²) in [4.78, 5) is 0. The van der Waals surface area contributed by atoms with Gasteiger partial charge in [-0.1, -0.05) is 30.3 Å². The fourth-order valence-electron chi connectivity index (χ4n) is 1.39. The van der Waals surface area contributed by atoms with Crippen molar-refractivity contribution in [1.29, 1.82) is 0 Å². The Bertz CT molecular complexity index is 383. The van der Waals surface area contributed by atoms with Gasteiger partial charge in [-0.15, -0.1) is 0 Å². The van der Waals surface area contributed by atoms with Crippen molar-refractivity contribution in [3.8, 4) is 0 Å². The average molecular weight is 249 g/mol. The summed E-state index contributed by atoms with van der Waals surface area (Å²) in [5, 5.41) is 10.0. The monoisotopic (exact) mass is 249 g/mol. The van der Waals surface area contributed by atoms with E-state index in [9.17, 15) is 0 Å². The molecule has 0 amide bonds. The molecule has 92 valence electrons. The molecule has 1 N–H and O–H groups in total. The van der Waals surface area contributed by atoms with Gasteiger partial charge in [0, 0.05) is 12.3 Å². The van der Waals surface area contributed by atoms with Crippen LogP contribution in [0.1, 0.15) is 26.3 Å². The van der Waals surface area contributed by atoms with Gasteiger partial charge in [-0.3, -0.25) is 0 Å². The van der Waals surface area contributed by atoms with Crippen molar-refractivity contribution in [2.24, 2.45) is 5.10 Å². The van der Waals surface area contributed by atoms with E-state index < -0.39 is 0 Å². The maximum atomic E-state index is 5.30. The highest BCUT2D eigenvalue weighted by atomic mass is 32.1. The van der Waals surface area contributed by atoms with Gasteiger partial charge in [0.1, 0.15) is 0 Å². The van der Waals surface area contributed by atoms with Crippen LogP contribution < -0.4 is 5.32 Å². The molecule has 0 heterocycles. The molecule has 0 bridgehead atoms. The molecule has 17 heavy (non-hydrogen) atoms. The number of hydrogen-bond acceptors (Lipinski definition) is 2. The van der Waals surface area contributed by atoms with Crippen molar-refractivity contribution >= 4 is 23.0 Å². The third kappa shape index (κ3) is 4.95. The maximum Gasteiger partial charge on any atom is 0.189 e. The zero-order chi connectivity index (χ0) is 12.7.